The normalized spacial score (nSPS) is 8.64. The second-order valence-electron chi connectivity index (χ2n) is 2.00. The summed E-state index contributed by atoms with van der Waals surface area (Å²) in [4.78, 5) is 0. The van der Waals surface area contributed by atoms with Crippen LogP contribution >= 0.6 is 0 Å². The first-order chi connectivity index (χ1) is 5.25. The lowest BCUT2D eigenvalue weighted by Gasteiger charge is -1.97. The topological polar surface area (TPSA) is 67.9 Å². The molecule has 0 amide bonds. The molecule has 0 aromatic heterocycles. The van der Waals surface area contributed by atoms with E-state index in [9.17, 15) is 0 Å². The van der Waals surface area contributed by atoms with Gasteiger partial charge in [-0.15, -0.1) is 0 Å². The minimum Gasteiger partial charge on any atom is -0.507 e. The first-order valence-electron chi connectivity index (χ1n) is 3.02. The van der Waals surface area contributed by atoms with Crippen LogP contribution in [0, 0.1) is 16.7 Å². The molecular formula is C8H6N2O. The molecule has 3 heteroatoms. The number of benzene rings is 1. The maximum Gasteiger partial charge on any atom is 0.143 e. The van der Waals surface area contributed by atoms with E-state index in [-0.39, 0.29) is 17.0 Å². The van der Waals surface area contributed by atoms with Crippen LogP contribution in [0.4, 0.5) is 0 Å². The van der Waals surface area contributed by atoms with Gasteiger partial charge in [0.2, 0.25) is 0 Å². The zero-order valence-corrected chi connectivity index (χ0v) is 5.70. The highest BCUT2D eigenvalue weighted by molar-refractivity contribution is 6.11. The first-order valence-corrected chi connectivity index (χ1v) is 3.02. The molecule has 2 N–H and O–H groups in total. The number of phenols is 1. The third kappa shape index (κ3) is 1.36. The highest BCUT2D eigenvalue weighted by Crippen LogP contribution is 2.15. The number of hydrogen-bond donors (Lipinski definition) is 2. The zero-order valence-electron chi connectivity index (χ0n) is 5.70. The van der Waals surface area contributed by atoms with Crippen molar-refractivity contribution in [3.63, 3.8) is 0 Å². The summed E-state index contributed by atoms with van der Waals surface area (Å²) < 4.78 is 0. The molecule has 1 rings (SSSR count). The van der Waals surface area contributed by atoms with Gasteiger partial charge in [-0.25, -0.2) is 0 Å². The van der Waals surface area contributed by atoms with Crippen LogP contribution in [0.15, 0.2) is 24.3 Å². The molecular weight excluding hydrogens is 140 g/mol. The van der Waals surface area contributed by atoms with Gasteiger partial charge in [-0.05, 0) is 12.1 Å². The van der Waals surface area contributed by atoms with E-state index in [0.29, 0.717) is 0 Å². The van der Waals surface area contributed by atoms with Crippen LogP contribution in [0.1, 0.15) is 5.56 Å². The van der Waals surface area contributed by atoms with Gasteiger partial charge in [-0.1, -0.05) is 12.1 Å². The Labute approximate surface area is 64.0 Å². The predicted octanol–water partition coefficient (Wildman–Crippen LogP) is 1.28. The van der Waals surface area contributed by atoms with E-state index < -0.39 is 0 Å². The minimum atomic E-state index is -0.219. The average molecular weight is 146 g/mol. The fourth-order valence-electron chi connectivity index (χ4n) is 0.745. The fraction of sp³-hybridized carbons (Fsp3) is 0. The molecule has 0 spiro atoms. The minimum absolute atomic E-state index is 0.0287. The summed E-state index contributed by atoms with van der Waals surface area (Å²) in [5, 5.41) is 24.5. The van der Waals surface area contributed by atoms with E-state index in [1.807, 2.05) is 0 Å². The lowest BCUT2D eigenvalue weighted by Crippen LogP contribution is -1.93. The van der Waals surface area contributed by atoms with Gasteiger partial charge in [0, 0.05) is 0 Å². The van der Waals surface area contributed by atoms with E-state index in [1.165, 1.54) is 12.1 Å². The molecule has 3 nitrogen and oxygen atoms in total. The molecule has 0 saturated carbocycles. The molecule has 0 aliphatic carbocycles. The molecule has 0 unspecified atom stereocenters. The van der Waals surface area contributed by atoms with Crippen molar-refractivity contribution in [2.45, 2.75) is 0 Å². The van der Waals surface area contributed by atoms with Crippen molar-refractivity contribution in [2.75, 3.05) is 0 Å². The van der Waals surface area contributed by atoms with Gasteiger partial charge in [0.15, 0.2) is 0 Å². The van der Waals surface area contributed by atoms with Crippen LogP contribution < -0.4 is 0 Å². The summed E-state index contributed by atoms with van der Waals surface area (Å²) in [5.74, 6) is -0.0287. The Morgan fingerprint density at radius 1 is 1.45 bits per heavy atom. The summed E-state index contributed by atoms with van der Waals surface area (Å²) >= 11 is 0. The number of nitrogens with one attached hydrogen (secondary N) is 1. The monoisotopic (exact) mass is 146 g/mol. The number of para-hydroxylation sites is 1. The number of rotatable bonds is 1. The number of aromatic hydroxyl groups is 1. The van der Waals surface area contributed by atoms with Gasteiger partial charge < -0.3 is 5.11 Å². The first kappa shape index (κ1) is 7.29. The largest absolute Gasteiger partial charge is 0.507 e. The van der Waals surface area contributed by atoms with Crippen molar-refractivity contribution in [1.82, 2.24) is 0 Å². The molecule has 11 heavy (non-hydrogen) atoms. The Kier molecular flexibility index (Phi) is 1.88. The lowest BCUT2D eigenvalue weighted by atomic mass is 10.1. The highest BCUT2D eigenvalue weighted by Gasteiger charge is 2.03. The van der Waals surface area contributed by atoms with E-state index >= 15 is 0 Å². The molecule has 0 aliphatic rings. The zero-order chi connectivity index (χ0) is 8.27. The van der Waals surface area contributed by atoms with Crippen LogP contribution in [0.5, 0.6) is 5.75 Å². The van der Waals surface area contributed by atoms with Crippen LogP contribution in [-0.4, -0.2) is 10.8 Å². The molecule has 1 aromatic rings. The maximum absolute atomic E-state index is 9.12. The van der Waals surface area contributed by atoms with E-state index in [1.54, 1.807) is 18.2 Å². The molecule has 0 heterocycles. The summed E-state index contributed by atoms with van der Waals surface area (Å²) in [5.41, 5.74) is 0.0538. The van der Waals surface area contributed by atoms with Crippen molar-refractivity contribution in [2.24, 2.45) is 0 Å². The van der Waals surface area contributed by atoms with Crippen molar-refractivity contribution in [3.8, 4) is 11.8 Å². The van der Waals surface area contributed by atoms with Crippen LogP contribution in [0.25, 0.3) is 0 Å². The summed E-state index contributed by atoms with van der Waals surface area (Å²) in [6, 6.07) is 7.93. The van der Waals surface area contributed by atoms with Crippen LogP contribution in [-0.2, 0) is 0 Å². The summed E-state index contributed by atoms with van der Waals surface area (Å²) in [6.45, 7) is 0. The van der Waals surface area contributed by atoms with Gasteiger partial charge in [-0.2, -0.15) is 5.26 Å². The number of nitrogens with zero attached hydrogens (tertiary/aromatic N) is 1. The Bertz CT molecular complexity index is 325. The molecule has 0 aliphatic heterocycles. The molecule has 1 aromatic carbocycles. The summed E-state index contributed by atoms with van der Waals surface area (Å²) in [6.07, 6.45) is 0. The summed E-state index contributed by atoms with van der Waals surface area (Å²) in [7, 11) is 0. The number of nitriles is 1. The molecule has 0 saturated heterocycles. The van der Waals surface area contributed by atoms with Crippen molar-refractivity contribution in [3.05, 3.63) is 29.8 Å². The third-order valence-electron chi connectivity index (χ3n) is 1.29. The van der Waals surface area contributed by atoms with E-state index in [2.05, 4.69) is 0 Å². The van der Waals surface area contributed by atoms with E-state index in [0.717, 1.165) is 0 Å². The van der Waals surface area contributed by atoms with Gasteiger partial charge >= 0.3 is 0 Å². The Balaban J connectivity index is 3.16. The molecule has 0 atom stereocenters. The second kappa shape index (κ2) is 2.84. The lowest BCUT2D eigenvalue weighted by molar-refractivity contribution is 0.474. The molecule has 0 bridgehead atoms. The van der Waals surface area contributed by atoms with Crippen LogP contribution in [0.2, 0.25) is 0 Å². The van der Waals surface area contributed by atoms with Gasteiger partial charge in [0.1, 0.15) is 17.5 Å². The SMILES string of the molecule is N#CC(=N)c1ccccc1O. The Hall–Kier alpha value is -1.82. The molecule has 0 fully saturated rings. The third-order valence-corrected chi connectivity index (χ3v) is 1.29. The Morgan fingerprint density at radius 2 is 2.09 bits per heavy atom. The number of phenolic OH excluding ortho intramolecular Hbond substituents is 1. The number of hydrogen-bond acceptors (Lipinski definition) is 3. The maximum atomic E-state index is 9.12. The standard InChI is InChI=1S/C8H6N2O/c9-5-7(10)6-3-1-2-4-8(6)11/h1-4,10-11H. The van der Waals surface area contributed by atoms with Crippen molar-refractivity contribution >= 4 is 5.71 Å². The van der Waals surface area contributed by atoms with Crippen molar-refractivity contribution < 1.29 is 5.11 Å². The molecule has 54 valence electrons. The quantitative estimate of drug-likeness (QED) is 0.586. The predicted molar refractivity (Wildman–Crippen MR) is 40.5 cm³/mol. The van der Waals surface area contributed by atoms with Crippen molar-refractivity contribution in [1.29, 1.82) is 10.7 Å². The molecule has 0 radical (unpaired) electrons. The second-order valence-corrected chi connectivity index (χ2v) is 2.00. The smallest absolute Gasteiger partial charge is 0.143 e. The van der Waals surface area contributed by atoms with Gasteiger partial charge in [0.25, 0.3) is 0 Å². The van der Waals surface area contributed by atoms with Crippen LogP contribution in [0.3, 0.4) is 0 Å². The highest BCUT2D eigenvalue weighted by atomic mass is 16.3. The van der Waals surface area contributed by atoms with Gasteiger partial charge in [0.05, 0.1) is 5.56 Å². The average Bonchev–Trinajstić information content (AvgIpc) is 2.04. The Morgan fingerprint density at radius 3 is 2.64 bits per heavy atom. The van der Waals surface area contributed by atoms with E-state index in [4.69, 9.17) is 15.8 Å². The van der Waals surface area contributed by atoms with Gasteiger partial charge in [-0.3, -0.25) is 5.41 Å². The fourth-order valence-corrected chi connectivity index (χ4v) is 0.745.